The first-order valence-electron chi connectivity index (χ1n) is 6.15. The van der Waals surface area contributed by atoms with Crippen LogP contribution >= 0.6 is 11.3 Å². The summed E-state index contributed by atoms with van der Waals surface area (Å²) in [5.41, 5.74) is 0.158. The Morgan fingerprint density at radius 3 is 2.81 bits per heavy atom. The zero-order valence-electron chi connectivity index (χ0n) is 11.4. The molecular weight excluding hydrogens is 294 g/mol. The van der Waals surface area contributed by atoms with Crippen LogP contribution in [0.5, 0.6) is 5.06 Å². The summed E-state index contributed by atoms with van der Waals surface area (Å²) < 4.78 is 1.72. The number of rotatable bonds is 4. The van der Waals surface area contributed by atoms with Crippen LogP contribution in [0.25, 0.3) is 6.08 Å². The van der Waals surface area contributed by atoms with Gasteiger partial charge in [0.15, 0.2) is 10.8 Å². The molecule has 0 radical (unpaired) electrons. The highest BCUT2D eigenvalue weighted by Gasteiger charge is 2.15. The van der Waals surface area contributed by atoms with E-state index < -0.39 is 26.8 Å². The van der Waals surface area contributed by atoms with Crippen molar-refractivity contribution in [2.24, 2.45) is 0 Å². The number of allylic oxidation sites excluding steroid dienone is 1. The van der Waals surface area contributed by atoms with Crippen molar-refractivity contribution in [1.82, 2.24) is 14.8 Å². The molecule has 0 atom stereocenters. The predicted octanol–water partition coefficient (Wildman–Crippen LogP) is 0.923. The van der Waals surface area contributed by atoms with Crippen molar-refractivity contribution in [1.29, 1.82) is 0 Å². The summed E-state index contributed by atoms with van der Waals surface area (Å²) in [5.74, 6) is -0.673. The van der Waals surface area contributed by atoms with Crippen LogP contribution in [0.1, 0.15) is 28.5 Å². The minimum atomic E-state index is -0.896. The Hall–Kier alpha value is -2.48. The fraction of sp³-hybridized carbons (Fsp3) is 0.231. The van der Waals surface area contributed by atoms with Gasteiger partial charge in [-0.25, -0.2) is 0 Å². The van der Waals surface area contributed by atoms with Crippen LogP contribution in [-0.4, -0.2) is 25.7 Å². The van der Waals surface area contributed by atoms with Gasteiger partial charge in [-0.2, -0.15) is 5.10 Å². The lowest BCUT2D eigenvalue weighted by atomic mass is 10.1. The first kappa shape index (κ1) is 14.9. The van der Waals surface area contributed by atoms with E-state index in [2.05, 4.69) is 5.10 Å². The van der Waals surface area contributed by atoms with Crippen LogP contribution in [0.3, 0.4) is 0 Å². The van der Waals surface area contributed by atoms with E-state index in [-0.39, 0.29) is 0 Å². The number of hydrogen-bond acceptors (Lipinski definition) is 6. The molecule has 0 saturated heterocycles. The normalized spacial score (nSPS) is 11.1. The number of aromatic amines is 1. The number of carbonyl (C=O) groups excluding carboxylic acids is 1. The van der Waals surface area contributed by atoms with Crippen molar-refractivity contribution in [2.75, 3.05) is 0 Å². The molecule has 0 bridgehead atoms. The topological polar surface area (TPSA) is 105 Å². The first-order valence-corrected chi connectivity index (χ1v) is 6.97. The van der Waals surface area contributed by atoms with E-state index in [1.54, 1.807) is 17.8 Å². The zero-order chi connectivity index (χ0) is 15.6. The molecule has 0 aliphatic carbocycles. The van der Waals surface area contributed by atoms with Crippen molar-refractivity contribution < 1.29 is 9.90 Å². The Labute approximate surface area is 123 Å². The Bertz CT molecular complexity index is 829. The number of nitrogens with one attached hydrogen (secondary N) is 1. The zero-order valence-corrected chi connectivity index (χ0v) is 12.2. The molecule has 0 aliphatic heterocycles. The fourth-order valence-corrected chi connectivity index (χ4v) is 2.36. The number of nitrogens with zero attached hydrogens (tertiary/aromatic N) is 2. The molecule has 2 aromatic heterocycles. The largest absolute Gasteiger partial charge is 0.499 e. The van der Waals surface area contributed by atoms with E-state index in [9.17, 15) is 19.5 Å². The maximum Gasteiger partial charge on any atom is 0.310 e. The lowest BCUT2D eigenvalue weighted by molar-refractivity contribution is 0.104. The number of aromatic hydroxyl groups is 1. The highest BCUT2D eigenvalue weighted by atomic mass is 32.1. The predicted molar refractivity (Wildman–Crippen MR) is 78.9 cm³/mol. The van der Waals surface area contributed by atoms with Gasteiger partial charge in [-0.05, 0) is 37.3 Å². The Kier molecular flexibility index (Phi) is 4.18. The number of ketones is 1. The number of hydrogen-bond donors (Lipinski definition) is 2. The third kappa shape index (κ3) is 3.16. The van der Waals surface area contributed by atoms with Gasteiger partial charge >= 0.3 is 4.87 Å². The second kappa shape index (κ2) is 5.88. The first-order chi connectivity index (χ1) is 9.92. The average molecular weight is 307 g/mol. The number of H-pyrrole nitrogens is 1. The van der Waals surface area contributed by atoms with E-state index in [0.717, 1.165) is 11.3 Å². The highest BCUT2D eigenvalue weighted by Crippen LogP contribution is 2.16. The summed E-state index contributed by atoms with van der Waals surface area (Å²) in [6.45, 7) is 4.44. The van der Waals surface area contributed by atoms with Gasteiger partial charge in [0.1, 0.15) is 5.56 Å². The van der Waals surface area contributed by atoms with Crippen LogP contribution in [-0.2, 0) is 6.54 Å². The third-order valence-electron chi connectivity index (χ3n) is 2.81. The third-order valence-corrected chi connectivity index (χ3v) is 3.50. The van der Waals surface area contributed by atoms with E-state index in [1.165, 1.54) is 12.2 Å². The SMILES string of the molecule is CCn1cc(C=CC(=O)c2c(O)sc(=O)[nH]c2=O)c(C)n1. The van der Waals surface area contributed by atoms with Gasteiger partial charge in [-0.1, -0.05) is 0 Å². The smallest absolute Gasteiger partial charge is 0.310 e. The molecule has 2 aromatic rings. The Morgan fingerprint density at radius 2 is 2.24 bits per heavy atom. The number of carbonyl (C=O) groups is 1. The molecule has 0 unspecified atom stereocenters. The second-order valence-electron chi connectivity index (χ2n) is 4.25. The van der Waals surface area contributed by atoms with Crippen LogP contribution in [0.2, 0.25) is 0 Å². The maximum atomic E-state index is 12.0. The lowest BCUT2D eigenvalue weighted by Gasteiger charge is -1.96. The van der Waals surface area contributed by atoms with E-state index in [0.29, 0.717) is 17.9 Å². The van der Waals surface area contributed by atoms with Gasteiger partial charge in [0.05, 0.1) is 5.69 Å². The van der Waals surface area contributed by atoms with Gasteiger partial charge in [-0.3, -0.25) is 24.0 Å². The average Bonchev–Trinajstić information content (AvgIpc) is 2.76. The molecule has 110 valence electrons. The van der Waals surface area contributed by atoms with Gasteiger partial charge < -0.3 is 5.11 Å². The fourth-order valence-electron chi connectivity index (χ4n) is 1.74. The summed E-state index contributed by atoms with van der Waals surface area (Å²) in [6, 6.07) is 0. The number of aryl methyl sites for hydroxylation is 2. The van der Waals surface area contributed by atoms with Crippen molar-refractivity contribution in [3.05, 3.63) is 49.1 Å². The van der Waals surface area contributed by atoms with Gasteiger partial charge in [0.25, 0.3) is 5.56 Å². The van der Waals surface area contributed by atoms with Gasteiger partial charge in [-0.15, -0.1) is 0 Å². The van der Waals surface area contributed by atoms with Gasteiger partial charge in [0.2, 0.25) is 0 Å². The maximum absolute atomic E-state index is 12.0. The minimum absolute atomic E-state index is 0.407. The van der Waals surface area contributed by atoms with Crippen LogP contribution < -0.4 is 10.4 Å². The minimum Gasteiger partial charge on any atom is -0.499 e. The molecule has 0 aromatic carbocycles. The van der Waals surface area contributed by atoms with E-state index >= 15 is 0 Å². The molecule has 0 saturated carbocycles. The molecule has 2 rings (SSSR count). The lowest BCUT2D eigenvalue weighted by Crippen LogP contribution is -2.22. The van der Waals surface area contributed by atoms with Gasteiger partial charge in [0, 0.05) is 18.3 Å². The van der Waals surface area contributed by atoms with Crippen molar-refractivity contribution in [2.45, 2.75) is 20.4 Å². The Balaban J connectivity index is 2.34. The van der Waals surface area contributed by atoms with Crippen molar-refractivity contribution >= 4 is 23.2 Å². The quantitative estimate of drug-likeness (QED) is 0.645. The van der Waals surface area contributed by atoms with Crippen LogP contribution in [0.15, 0.2) is 21.9 Å². The molecule has 2 heterocycles. The molecule has 8 heteroatoms. The molecule has 0 aliphatic rings. The van der Waals surface area contributed by atoms with Crippen molar-refractivity contribution in [3.63, 3.8) is 0 Å². The standard InChI is InChI=1S/C13H13N3O4S/c1-3-16-6-8(7(2)15-16)4-5-9(17)10-11(18)14-13(20)21-12(10)19/h4-6,19H,3H2,1-2H3,(H,14,18,20). The monoisotopic (exact) mass is 307 g/mol. The molecule has 0 spiro atoms. The summed E-state index contributed by atoms with van der Waals surface area (Å²) in [6.07, 6.45) is 4.46. The summed E-state index contributed by atoms with van der Waals surface area (Å²) in [4.78, 5) is 35.8. The molecule has 21 heavy (non-hydrogen) atoms. The van der Waals surface area contributed by atoms with Crippen LogP contribution in [0.4, 0.5) is 0 Å². The van der Waals surface area contributed by atoms with Crippen LogP contribution in [0, 0.1) is 6.92 Å². The summed E-state index contributed by atoms with van der Waals surface area (Å²) in [5, 5.41) is 13.2. The molecule has 2 N–H and O–H groups in total. The van der Waals surface area contributed by atoms with Crippen molar-refractivity contribution in [3.8, 4) is 5.06 Å². The molecular formula is C13H13N3O4S. The van der Waals surface area contributed by atoms with E-state index in [1.807, 2.05) is 11.9 Å². The highest BCUT2D eigenvalue weighted by molar-refractivity contribution is 7.11. The number of aromatic nitrogens is 3. The molecule has 0 amide bonds. The summed E-state index contributed by atoms with van der Waals surface area (Å²) >= 11 is 0.407. The molecule has 0 fully saturated rings. The molecule has 7 nitrogen and oxygen atoms in total. The Morgan fingerprint density at radius 1 is 1.52 bits per heavy atom. The van der Waals surface area contributed by atoms with E-state index in [4.69, 9.17) is 0 Å². The summed E-state index contributed by atoms with van der Waals surface area (Å²) in [7, 11) is 0. The second-order valence-corrected chi connectivity index (χ2v) is 5.21.